The molecule has 0 amide bonds. The first-order valence-electron chi connectivity index (χ1n) is 6.27. The zero-order valence-corrected chi connectivity index (χ0v) is 12.9. The normalized spacial score (nSPS) is 12.0. The van der Waals surface area contributed by atoms with Gasteiger partial charge >= 0.3 is 0 Å². The number of nitrogens with zero attached hydrogens (tertiary/aromatic N) is 1. The molecule has 1 aromatic carbocycles. The van der Waals surface area contributed by atoms with Crippen molar-refractivity contribution in [2.24, 2.45) is 0 Å². The van der Waals surface area contributed by atoms with E-state index in [9.17, 15) is 8.42 Å². The van der Waals surface area contributed by atoms with Gasteiger partial charge in [0.2, 0.25) is 10.0 Å². The molecule has 0 spiro atoms. The molecule has 0 radical (unpaired) electrons. The quantitative estimate of drug-likeness (QED) is 0.720. The van der Waals surface area contributed by atoms with Crippen molar-refractivity contribution in [1.82, 2.24) is 4.31 Å². The van der Waals surface area contributed by atoms with Crippen molar-refractivity contribution in [3.05, 3.63) is 23.8 Å². The Hall–Kier alpha value is -1.15. The van der Waals surface area contributed by atoms with Crippen LogP contribution in [0, 0.1) is 6.92 Å². The van der Waals surface area contributed by atoms with Crippen molar-refractivity contribution in [3.63, 3.8) is 0 Å². The molecule has 0 saturated heterocycles. The molecule has 0 aliphatic heterocycles. The van der Waals surface area contributed by atoms with Crippen molar-refractivity contribution < 1.29 is 17.9 Å². The Bertz CT molecular complexity index is 523. The maximum atomic E-state index is 12.7. The highest BCUT2D eigenvalue weighted by Crippen LogP contribution is 2.22. The molecule has 2 N–H and O–H groups in total. The molecule has 0 atom stereocenters. The molecule has 1 rings (SSSR count). The fraction of sp³-hybridized carbons (Fsp3) is 0.538. The molecule has 0 unspecified atom stereocenters. The van der Waals surface area contributed by atoms with E-state index in [1.807, 2.05) is 0 Å². The highest BCUT2D eigenvalue weighted by atomic mass is 32.2. The van der Waals surface area contributed by atoms with Crippen molar-refractivity contribution in [3.8, 4) is 0 Å². The van der Waals surface area contributed by atoms with Gasteiger partial charge in [0.1, 0.15) is 0 Å². The predicted molar refractivity (Wildman–Crippen MR) is 78.1 cm³/mol. The smallest absolute Gasteiger partial charge is 0.243 e. The average Bonchev–Trinajstić information content (AvgIpc) is 2.41. The lowest BCUT2D eigenvalue weighted by Crippen LogP contribution is -2.36. The fourth-order valence-corrected chi connectivity index (χ4v) is 3.44. The van der Waals surface area contributed by atoms with Gasteiger partial charge in [-0.2, -0.15) is 4.31 Å². The Kier molecular flexibility index (Phi) is 6.41. The van der Waals surface area contributed by atoms with Gasteiger partial charge in [0.25, 0.3) is 0 Å². The SMILES string of the molecule is COCCN(CCOC)S(=O)(=O)c1cc(N)ccc1C. The number of ether oxygens (including phenoxy) is 2. The van der Waals surface area contributed by atoms with Gasteiger partial charge in [-0.1, -0.05) is 6.07 Å². The first-order chi connectivity index (χ1) is 9.43. The van der Waals surface area contributed by atoms with Crippen LogP contribution >= 0.6 is 0 Å². The summed E-state index contributed by atoms with van der Waals surface area (Å²) in [5.41, 5.74) is 6.78. The molecule has 0 saturated carbocycles. The molecule has 0 aromatic heterocycles. The first kappa shape index (κ1) is 16.9. The maximum Gasteiger partial charge on any atom is 0.243 e. The number of rotatable bonds is 8. The van der Waals surface area contributed by atoms with Crippen molar-refractivity contribution in [2.75, 3.05) is 46.3 Å². The number of sulfonamides is 1. The molecule has 20 heavy (non-hydrogen) atoms. The number of nitrogens with two attached hydrogens (primary N) is 1. The van der Waals surface area contributed by atoms with E-state index in [1.54, 1.807) is 19.1 Å². The Morgan fingerprint density at radius 2 is 1.70 bits per heavy atom. The summed E-state index contributed by atoms with van der Waals surface area (Å²) in [5, 5.41) is 0. The molecule has 0 fully saturated rings. The Morgan fingerprint density at radius 1 is 1.15 bits per heavy atom. The minimum absolute atomic E-state index is 0.227. The van der Waals surface area contributed by atoms with Gasteiger partial charge in [0.05, 0.1) is 18.1 Å². The van der Waals surface area contributed by atoms with E-state index >= 15 is 0 Å². The molecule has 114 valence electrons. The summed E-state index contributed by atoms with van der Waals surface area (Å²) in [4.78, 5) is 0.227. The van der Waals surface area contributed by atoms with Crippen LogP contribution in [0.4, 0.5) is 5.69 Å². The molecule has 7 heteroatoms. The summed E-state index contributed by atoms with van der Waals surface area (Å²) < 4.78 is 36.6. The monoisotopic (exact) mass is 302 g/mol. The van der Waals surface area contributed by atoms with Gasteiger partial charge in [0, 0.05) is 33.0 Å². The van der Waals surface area contributed by atoms with E-state index in [4.69, 9.17) is 15.2 Å². The zero-order chi connectivity index (χ0) is 15.2. The molecule has 0 heterocycles. The predicted octanol–water partition coefficient (Wildman–Crippen LogP) is 0.861. The highest BCUT2D eigenvalue weighted by Gasteiger charge is 2.25. The van der Waals surface area contributed by atoms with E-state index in [2.05, 4.69) is 0 Å². The summed E-state index contributed by atoms with van der Waals surface area (Å²) >= 11 is 0. The van der Waals surface area contributed by atoms with Crippen molar-refractivity contribution >= 4 is 15.7 Å². The Balaban J connectivity index is 3.10. The second-order valence-electron chi connectivity index (χ2n) is 4.41. The number of hydrogen-bond acceptors (Lipinski definition) is 5. The van der Waals surface area contributed by atoms with Crippen molar-refractivity contribution in [2.45, 2.75) is 11.8 Å². The summed E-state index contributed by atoms with van der Waals surface area (Å²) in [7, 11) is -0.536. The van der Waals surface area contributed by atoms with Crippen LogP contribution in [0.25, 0.3) is 0 Å². The van der Waals surface area contributed by atoms with E-state index < -0.39 is 10.0 Å². The standard InChI is InChI=1S/C13H22N2O4S/c1-11-4-5-12(14)10-13(11)20(16,17)15(6-8-18-2)7-9-19-3/h4-5,10H,6-9,14H2,1-3H3. The first-order valence-corrected chi connectivity index (χ1v) is 7.71. The van der Waals surface area contributed by atoms with Gasteiger partial charge in [-0.3, -0.25) is 0 Å². The third-order valence-electron chi connectivity index (χ3n) is 2.92. The van der Waals surface area contributed by atoms with Gasteiger partial charge in [-0.05, 0) is 24.6 Å². The lowest BCUT2D eigenvalue weighted by atomic mass is 10.2. The Labute approximate surface area is 120 Å². The van der Waals surface area contributed by atoms with Gasteiger partial charge in [0.15, 0.2) is 0 Å². The largest absolute Gasteiger partial charge is 0.399 e. The minimum atomic E-state index is -3.61. The number of aryl methyl sites for hydroxylation is 1. The second kappa shape index (κ2) is 7.58. The van der Waals surface area contributed by atoms with Crippen molar-refractivity contribution in [1.29, 1.82) is 0 Å². The molecular weight excluding hydrogens is 280 g/mol. The highest BCUT2D eigenvalue weighted by molar-refractivity contribution is 7.89. The Morgan fingerprint density at radius 3 is 2.20 bits per heavy atom. The summed E-state index contributed by atoms with van der Waals surface area (Å²) in [6.45, 7) is 2.94. The molecule has 0 bridgehead atoms. The molecule has 0 aliphatic carbocycles. The van der Waals surface area contributed by atoms with E-state index in [-0.39, 0.29) is 18.0 Å². The van der Waals surface area contributed by atoms with E-state index in [0.717, 1.165) is 0 Å². The third-order valence-corrected chi connectivity index (χ3v) is 4.96. The van der Waals surface area contributed by atoms with Crippen LogP contribution in [-0.2, 0) is 19.5 Å². The van der Waals surface area contributed by atoms with Crippen LogP contribution in [-0.4, -0.2) is 53.2 Å². The number of anilines is 1. The number of methoxy groups -OCH3 is 2. The molecule has 1 aromatic rings. The number of hydrogen-bond donors (Lipinski definition) is 1. The van der Waals surface area contributed by atoms with Gasteiger partial charge < -0.3 is 15.2 Å². The number of nitrogen functional groups attached to an aromatic ring is 1. The van der Waals surface area contributed by atoms with Crippen LogP contribution in [0.15, 0.2) is 23.1 Å². The molecule has 0 aliphatic rings. The second-order valence-corrected chi connectivity index (χ2v) is 6.32. The summed E-state index contributed by atoms with van der Waals surface area (Å²) in [5.74, 6) is 0. The summed E-state index contributed by atoms with van der Waals surface area (Å²) in [6.07, 6.45) is 0. The topological polar surface area (TPSA) is 81.9 Å². The summed E-state index contributed by atoms with van der Waals surface area (Å²) in [6, 6.07) is 4.87. The van der Waals surface area contributed by atoms with Crippen LogP contribution < -0.4 is 5.73 Å². The fourth-order valence-electron chi connectivity index (χ4n) is 1.77. The average molecular weight is 302 g/mol. The van der Waals surface area contributed by atoms with E-state index in [0.29, 0.717) is 24.5 Å². The zero-order valence-electron chi connectivity index (χ0n) is 12.1. The van der Waals surface area contributed by atoms with Gasteiger partial charge in [-0.25, -0.2) is 8.42 Å². The van der Waals surface area contributed by atoms with E-state index in [1.165, 1.54) is 24.6 Å². The van der Waals surface area contributed by atoms with Crippen LogP contribution in [0.1, 0.15) is 5.56 Å². The van der Waals surface area contributed by atoms with Crippen LogP contribution in [0.3, 0.4) is 0 Å². The third kappa shape index (κ3) is 4.17. The minimum Gasteiger partial charge on any atom is -0.399 e. The number of benzene rings is 1. The van der Waals surface area contributed by atoms with Crippen LogP contribution in [0.2, 0.25) is 0 Å². The molecule has 6 nitrogen and oxygen atoms in total. The van der Waals surface area contributed by atoms with Crippen LogP contribution in [0.5, 0.6) is 0 Å². The lowest BCUT2D eigenvalue weighted by molar-refractivity contribution is 0.150. The molecular formula is C13H22N2O4S. The lowest BCUT2D eigenvalue weighted by Gasteiger charge is -2.22. The van der Waals surface area contributed by atoms with Gasteiger partial charge in [-0.15, -0.1) is 0 Å². The maximum absolute atomic E-state index is 12.7.